The number of carbonyl (C=O) groups is 2. The second-order valence-corrected chi connectivity index (χ2v) is 5.84. The average Bonchev–Trinajstić information content (AvgIpc) is 2.83. The van der Waals surface area contributed by atoms with Crippen molar-refractivity contribution < 1.29 is 14.3 Å². The summed E-state index contributed by atoms with van der Waals surface area (Å²) in [7, 11) is 0. The summed E-state index contributed by atoms with van der Waals surface area (Å²) in [5, 5.41) is 9.87. The molecule has 0 aliphatic heterocycles. The SMILES string of the molecule is C/C(N)=C(\C#N)C(=O)COC(=O)c1sc2ccccc2c1Cl. The molecule has 0 saturated carbocycles. The summed E-state index contributed by atoms with van der Waals surface area (Å²) in [4.78, 5) is 24.0. The second kappa shape index (κ2) is 6.60. The molecule has 1 heterocycles. The number of Topliss-reactive ketones (excluding diaryl/α,β-unsaturated/α-hetero) is 1. The van der Waals surface area contributed by atoms with Gasteiger partial charge in [-0.1, -0.05) is 29.8 Å². The summed E-state index contributed by atoms with van der Waals surface area (Å²) in [6, 6.07) is 8.97. The van der Waals surface area contributed by atoms with Gasteiger partial charge in [0.15, 0.2) is 6.61 Å². The molecular formula is C15H11ClN2O3S. The van der Waals surface area contributed by atoms with Gasteiger partial charge < -0.3 is 10.5 Å². The molecule has 0 fully saturated rings. The molecule has 5 nitrogen and oxygen atoms in total. The standard InChI is InChI=1S/C15H11ClN2O3S/c1-8(18)10(6-17)11(19)7-21-15(20)14-13(16)9-4-2-3-5-12(9)22-14/h2-5H,7,18H2,1H3/b10-8-. The van der Waals surface area contributed by atoms with Crippen LogP contribution in [0.15, 0.2) is 35.5 Å². The fraction of sp³-hybridized carbons (Fsp3) is 0.133. The molecule has 0 unspecified atom stereocenters. The van der Waals surface area contributed by atoms with Gasteiger partial charge in [-0.2, -0.15) is 5.26 Å². The van der Waals surface area contributed by atoms with E-state index in [9.17, 15) is 9.59 Å². The van der Waals surface area contributed by atoms with Crippen molar-refractivity contribution in [2.75, 3.05) is 6.61 Å². The number of esters is 1. The molecular weight excluding hydrogens is 324 g/mol. The Morgan fingerprint density at radius 3 is 2.68 bits per heavy atom. The van der Waals surface area contributed by atoms with Crippen LogP contribution < -0.4 is 5.73 Å². The highest BCUT2D eigenvalue weighted by Gasteiger charge is 2.20. The highest BCUT2D eigenvalue weighted by Crippen LogP contribution is 2.35. The third-order valence-electron chi connectivity index (χ3n) is 2.84. The number of carbonyl (C=O) groups excluding carboxylic acids is 2. The number of hydrogen-bond acceptors (Lipinski definition) is 6. The van der Waals surface area contributed by atoms with Gasteiger partial charge in [-0.25, -0.2) is 4.79 Å². The number of nitrogens with two attached hydrogens (primary N) is 1. The van der Waals surface area contributed by atoms with Crippen molar-refractivity contribution in [2.45, 2.75) is 6.92 Å². The van der Waals surface area contributed by atoms with Gasteiger partial charge in [0.1, 0.15) is 16.5 Å². The lowest BCUT2D eigenvalue weighted by molar-refractivity contribution is -0.118. The molecule has 112 valence electrons. The molecule has 2 rings (SSSR count). The minimum Gasteiger partial charge on any atom is -0.453 e. The van der Waals surface area contributed by atoms with Crippen LogP contribution in [0.4, 0.5) is 0 Å². The number of ether oxygens (including phenoxy) is 1. The van der Waals surface area contributed by atoms with E-state index in [2.05, 4.69) is 0 Å². The highest BCUT2D eigenvalue weighted by atomic mass is 35.5. The fourth-order valence-electron chi connectivity index (χ4n) is 1.78. The zero-order valence-corrected chi connectivity index (χ0v) is 13.1. The number of benzene rings is 1. The molecule has 0 spiro atoms. The quantitative estimate of drug-likeness (QED) is 0.527. The van der Waals surface area contributed by atoms with E-state index in [0.29, 0.717) is 5.02 Å². The summed E-state index contributed by atoms with van der Waals surface area (Å²) in [5.41, 5.74) is 5.29. The molecule has 0 radical (unpaired) electrons. The topological polar surface area (TPSA) is 93.2 Å². The number of ketones is 1. The van der Waals surface area contributed by atoms with Crippen molar-refractivity contribution in [2.24, 2.45) is 5.73 Å². The molecule has 22 heavy (non-hydrogen) atoms. The maximum absolute atomic E-state index is 12.0. The molecule has 0 amide bonds. The maximum atomic E-state index is 12.0. The van der Waals surface area contributed by atoms with Crippen molar-refractivity contribution in [3.05, 3.63) is 45.4 Å². The van der Waals surface area contributed by atoms with Crippen molar-refractivity contribution in [1.82, 2.24) is 0 Å². The molecule has 0 aliphatic rings. The Kier molecular flexibility index (Phi) is 4.81. The lowest BCUT2D eigenvalue weighted by Crippen LogP contribution is -2.17. The molecule has 1 aromatic heterocycles. The van der Waals surface area contributed by atoms with E-state index in [4.69, 9.17) is 27.3 Å². The Morgan fingerprint density at radius 2 is 2.09 bits per heavy atom. The Hall–Kier alpha value is -2.36. The zero-order valence-electron chi connectivity index (χ0n) is 11.6. The molecule has 0 bridgehead atoms. The summed E-state index contributed by atoms with van der Waals surface area (Å²) in [6.45, 7) is 0.877. The van der Waals surface area contributed by atoms with Gasteiger partial charge in [0, 0.05) is 15.8 Å². The fourth-order valence-corrected chi connectivity index (χ4v) is 3.19. The van der Waals surface area contributed by atoms with Gasteiger partial charge in [-0.05, 0) is 13.0 Å². The number of thiophene rings is 1. The monoisotopic (exact) mass is 334 g/mol. The van der Waals surface area contributed by atoms with Crippen molar-refractivity contribution in [3.8, 4) is 6.07 Å². The van der Waals surface area contributed by atoms with E-state index in [1.54, 1.807) is 12.1 Å². The van der Waals surface area contributed by atoms with Gasteiger partial charge in [0.2, 0.25) is 5.78 Å². The number of nitrogens with zero attached hydrogens (tertiary/aromatic N) is 1. The van der Waals surface area contributed by atoms with Crippen molar-refractivity contribution in [3.63, 3.8) is 0 Å². The number of rotatable bonds is 4. The minimum atomic E-state index is -0.702. The zero-order chi connectivity index (χ0) is 16.3. The lowest BCUT2D eigenvalue weighted by Gasteiger charge is -2.03. The first-order chi connectivity index (χ1) is 10.5. The van der Waals surface area contributed by atoms with Gasteiger partial charge in [-0.3, -0.25) is 4.79 Å². The van der Waals surface area contributed by atoms with E-state index < -0.39 is 18.4 Å². The van der Waals surface area contributed by atoms with Crippen LogP contribution in [0.3, 0.4) is 0 Å². The van der Waals surface area contributed by atoms with E-state index in [-0.39, 0.29) is 16.1 Å². The Morgan fingerprint density at radius 1 is 1.41 bits per heavy atom. The predicted octanol–water partition coefficient (Wildman–Crippen LogP) is 3.04. The molecule has 7 heteroatoms. The van der Waals surface area contributed by atoms with Crippen molar-refractivity contribution >= 4 is 44.8 Å². The molecule has 0 saturated heterocycles. The van der Waals surface area contributed by atoms with E-state index >= 15 is 0 Å². The number of allylic oxidation sites excluding steroid dienone is 1. The van der Waals surface area contributed by atoms with Crippen LogP contribution in [0.5, 0.6) is 0 Å². The summed E-state index contributed by atoms with van der Waals surface area (Å²) in [6.07, 6.45) is 0. The molecule has 0 aliphatic carbocycles. The van der Waals surface area contributed by atoms with Gasteiger partial charge in [0.25, 0.3) is 0 Å². The van der Waals surface area contributed by atoms with E-state index in [1.807, 2.05) is 18.2 Å². The predicted molar refractivity (Wildman–Crippen MR) is 84.6 cm³/mol. The van der Waals surface area contributed by atoms with Crippen molar-refractivity contribution in [1.29, 1.82) is 5.26 Å². The number of hydrogen-bond donors (Lipinski definition) is 1. The Balaban J connectivity index is 2.16. The lowest BCUT2D eigenvalue weighted by atomic mass is 10.1. The van der Waals surface area contributed by atoms with Crippen LogP contribution in [0.1, 0.15) is 16.6 Å². The number of fused-ring (bicyclic) bond motifs is 1. The highest BCUT2D eigenvalue weighted by molar-refractivity contribution is 7.21. The first-order valence-electron chi connectivity index (χ1n) is 6.19. The third-order valence-corrected chi connectivity index (χ3v) is 4.50. The van der Waals surface area contributed by atoms with Crippen LogP contribution in [-0.4, -0.2) is 18.4 Å². The number of nitriles is 1. The van der Waals surface area contributed by atoms with E-state index in [0.717, 1.165) is 10.1 Å². The van der Waals surface area contributed by atoms with Crippen LogP contribution in [-0.2, 0) is 9.53 Å². The van der Waals surface area contributed by atoms with Crippen LogP contribution in [0.25, 0.3) is 10.1 Å². The average molecular weight is 335 g/mol. The summed E-state index contributed by atoms with van der Waals surface area (Å²) in [5.74, 6) is -1.35. The molecule has 1 aromatic carbocycles. The molecule has 2 N–H and O–H groups in total. The largest absolute Gasteiger partial charge is 0.453 e. The first kappa shape index (κ1) is 16.0. The van der Waals surface area contributed by atoms with Gasteiger partial charge in [0.05, 0.1) is 5.02 Å². The number of halogens is 1. The Labute approximate surface area is 135 Å². The minimum absolute atomic E-state index is 0.0865. The third kappa shape index (κ3) is 3.11. The van der Waals surface area contributed by atoms with Crippen LogP contribution in [0.2, 0.25) is 5.02 Å². The van der Waals surface area contributed by atoms with E-state index in [1.165, 1.54) is 18.3 Å². The second-order valence-electron chi connectivity index (χ2n) is 4.41. The van der Waals surface area contributed by atoms with Crippen LogP contribution >= 0.6 is 22.9 Å². The summed E-state index contributed by atoms with van der Waals surface area (Å²) < 4.78 is 5.78. The van der Waals surface area contributed by atoms with Crippen LogP contribution in [0, 0.1) is 11.3 Å². The first-order valence-corrected chi connectivity index (χ1v) is 7.39. The Bertz CT molecular complexity index is 829. The maximum Gasteiger partial charge on any atom is 0.350 e. The normalized spacial score (nSPS) is 11.7. The van der Waals surface area contributed by atoms with Gasteiger partial charge in [-0.15, -0.1) is 11.3 Å². The molecule has 2 aromatic rings. The summed E-state index contributed by atoms with van der Waals surface area (Å²) >= 11 is 7.34. The molecule has 0 atom stereocenters. The smallest absolute Gasteiger partial charge is 0.350 e. The van der Waals surface area contributed by atoms with Gasteiger partial charge >= 0.3 is 5.97 Å².